The Labute approximate surface area is 137 Å². The van der Waals surface area contributed by atoms with Crippen LogP contribution >= 0.6 is 12.2 Å². The predicted octanol–water partition coefficient (Wildman–Crippen LogP) is 1.24. The minimum absolute atomic E-state index is 0.574. The van der Waals surface area contributed by atoms with E-state index >= 15 is 0 Å². The first-order valence-electron chi connectivity index (χ1n) is 6.97. The van der Waals surface area contributed by atoms with E-state index < -0.39 is 0 Å². The van der Waals surface area contributed by atoms with E-state index in [1.807, 2.05) is 26.2 Å². The summed E-state index contributed by atoms with van der Waals surface area (Å²) in [7, 11) is 8.83. The standard InChI is InChI=1S/C15H25N3O3S/c1-18(2)7-6-16-15(22)17-10-11-8-12(19-3)14(21-5)13(9-11)20-4/h8-9H,6-7,10H2,1-5H3,(H2,16,17,22). The third kappa shape index (κ3) is 5.57. The zero-order chi connectivity index (χ0) is 16.5. The molecule has 0 saturated heterocycles. The van der Waals surface area contributed by atoms with E-state index in [0.717, 1.165) is 18.7 Å². The lowest BCUT2D eigenvalue weighted by Crippen LogP contribution is -2.38. The van der Waals surface area contributed by atoms with Gasteiger partial charge in [-0.25, -0.2) is 0 Å². The van der Waals surface area contributed by atoms with E-state index in [9.17, 15) is 0 Å². The number of benzene rings is 1. The molecule has 0 saturated carbocycles. The maximum atomic E-state index is 5.33. The second-order valence-electron chi connectivity index (χ2n) is 4.95. The molecule has 6 nitrogen and oxygen atoms in total. The molecule has 2 N–H and O–H groups in total. The molecular weight excluding hydrogens is 302 g/mol. The lowest BCUT2D eigenvalue weighted by Gasteiger charge is -2.16. The van der Waals surface area contributed by atoms with Gasteiger partial charge < -0.3 is 29.7 Å². The molecule has 7 heteroatoms. The number of hydrogen-bond acceptors (Lipinski definition) is 5. The van der Waals surface area contributed by atoms with Gasteiger partial charge in [-0.2, -0.15) is 0 Å². The van der Waals surface area contributed by atoms with E-state index in [-0.39, 0.29) is 0 Å². The van der Waals surface area contributed by atoms with Crippen molar-refractivity contribution in [3.63, 3.8) is 0 Å². The molecule has 0 radical (unpaired) electrons. The normalized spacial score (nSPS) is 10.3. The molecule has 1 aromatic rings. The fourth-order valence-corrected chi connectivity index (χ4v) is 2.05. The summed E-state index contributed by atoms with van der Waals surface area (Å²) >= 11 is 5.25. The van der Waals surface area contributed by atoms with Crippen LogP contribution in [0.4, 0.5) is 0 Å². The molecule has 0 amide bonds. The number of hydrogen-bond donors (Lipinski definition) is 2. The maximum Gasteiger partial charge on any atom is 0.203 e. The van der Waals surface area contributed by atoms with Gasteiger partial charge in [-0.05, 0) is 44.0 Å². The second kappa shape index (κ2) is 9.32. The topological polar surface area (TPSA) is 55.0 Å². The fourth-order valence-electron chi connectivity index (χ4n) is 1.88. The Hall–Kier alpha value is -1.73. The summed E-state index contributed by atoms with van der Waals surface area (Å²) in [5.41, 5.74) is 0.992. The van der Waals surface area contributed by atoms with Crippen molar-refractivity contribution in [3.05, 3.63) is 17.7 Å². The molecule has 0 aliphatic heterocycles. The van der Waals surface area contributed by atoms with Gasteiger partial charge >= 0.3 is 0 Å². The maximum absolute atomic E-state index is 5.33. The molecule has 0 atom stereocenters. The zero-order valence-corrected chi connectivity index (χ0v) is 14.7. The quantitative estimate of drug-likeness (QED) is 0.697. The van der Waals surface area contributed by atoms with Gasteiger partial charge in [0.2, 0.25) is 5.75 Å². The van der Waals surface area contributed by atoms with Gasteiger partial charge in [-0.1, -0.05) is 0 Å². The van der Waals surface area contributed by atoms with Crippen molar-refractivity contribution in [3.8, 4) is 17.2 Å². The third-order valence-electron chi connectivity index (χ3n) is 3.02. The summed E-state index contributed by atoms with van der Waals surface area (Å²) in [5, 5.41) is 6.94. The smallest absolute Gasteiger partial charge is 0.203 e. The predicted molar refractivity (Wildman–Crippen MR) is 92.1 cm³/mol. The van der Waals surface area contributed by atoms with Crippen molar-refractivity contribution >= 4 is 17.3 Å². The Morgan fingerprint density at radius 2 is 1.64 bits per heavy atom. The fraction of sp³-hybridized carbons (Fsp3) is 0.533. The Kier molecular flexibility index (Phi) is 7.76. The van der Waals surface area contributed by atoms with Gasteiger partial charge in [0.1, 0.15) is 0 Å². The van der Waals surface area contributed by atoms with Crippen LogP contribution in [0.5, 0.6) is 17.2 Å². The molecule has 0 unspecified atom stereocenters. The number of methoxy groups -OCH3 is 3. The van der Waals surface area contributed by atoms with Gasteiger partial charge in [-0.3, -0.25) is 0 Å². The minimum atomic E-state index is 0.574. The number of ether oxygens (including phenoxy) is 3. The largest absolute Gasteiger partial charge is 0.493 e. The van der Waals surface area contributed by atoms with E-state index in [0.29, 0.717) is 28.9 Å². The summed E-state index contributed by atoms with van der Waals surface area (Å²) < 4.78 is 16.0. The number of rotatable bonds is 8. The van der Waals surface area contributed by atoms with E-state index in [1.165, 1.54) is 0 Å². The molecule has 0 fully saturated rings. The Bertz CT molecular complexity index is 470. The van der Waals surface area contributed by atoms with Crippen LogP contribution in [0.15, 0.2) is 12.1 Å². The van der Waals surface area contributed by atoms with Crippen molar-refractivity contribution < 1.29 is 14.2 Å². The van der Waals surface area contributed by atoms with Crippen LogP contribution in [0.25, 0.3) is 0 Å². The van der Waals surface area contributed by atoms with Crippen LogP contribution in [0.3, 0.4) is 0 Å². The lowest BCUT2D eigenvalue weighted by molar-refractivity contribution is 0.323. The first kappa shape index (κ1) is 18.3. The minimum Gasteiger partial charge on any atom is -0.493 e. The SMILES string of the molecule is COc1cc(CNC(=S)NCCN(C)C)cc(OC)c1OC. The summed E-state index contributed by atoms with van der Waals surface area (Å²) in [6.45, 7) is 2.30. The lowest BCUT2D eigenvalue weighted by atomic mass is 10.2. The van der Waals surface area contributed by atoms with Crippen LogP contribution in [0, 0.1) is 0 Å². The average molecular weight is 327 g/mol. The molecule has 0 aliphatic carbocycles. The number of thiocarbonyl (C=S) groups is 1. The average Bonchev–Trinajstić information content (AvgIpc) is 2.51. The highest BCUT2D eigenvalue weighted by molar-refractivity contribution is 7.80. The summed E-state index contributed by atoms with van der Waals surface area (Å²) in [6, 6.07) is 3.80. The Morgan fingerprint density at radius 1 is 1.05 bits per heavy atom. The monoisotopic (exact) mass is 327 g/mol. The van der Waals surface area contributed by atoms with Gasteiger partial charge in [0, 0.05) is 19.6 Å². The van der Waals surface area contributed by atoms with Crippen molar-refractivity contribution in [2.45, 2.75) is 6.54 Å². The number of nitrogens with zero attached hydrogens (tertiary/aromatic N) is 1. The molecule has 0 aliphatic rings. The highest BCUT2D eigenvalue weighted by atomic mass is 32.1. The summed E-state index contributed by atoms with van der Waals surface area (Å²) in [6.07, 6.45) is 0. The van der Waals surface area contributed by atoms with Crippen molar-refractivity contribution in [1.29, 1.82) is 0 Å². The molecule has 0 bridgehead atoms. The molecule has 22 heavy (non-hydrogen) atoms. The Balaban J connectivity index is 2.64. The van der Waals surface area contributed by atoms with Crippen molar-refractivity contribution in [1.82, 2.24) is 15.5 Å². The van der Waals surface area contributed by atoms with Gasteiger partial charge in [0.25, 0.3) is 0 Å². The van der Waals surface area contributed by atoms with E-state index in [2.05, 4.69) is 15.5 Å². The first-order chi connectivity index (χ1) is 10.5. The Morgan fingerprint density at radius 3 is 2.09 bits per heavy atom. The first-order valence-corrected chi connectivity index (χ1v) is 7.38. The van der Waals surface area contributed by atoms with Crippen molar-refractivity contribution in [2.75, 3.05) is 48.5 Å². The van der Waals surface area contributed by atoms with Gasteiger partial charge in [0.15, 0.2) is 16.6 Å². The number of nitrogens with one attached hydrogen (secondary N) is 2. The molecular formula is C15H25N3O3S. The van der Waals surface area contributed by atoms with Gasteiger partial charge in [-0.15, -0.1) is 0 Å². The highest BCUT2D eigenvalue weighted by Gasteiger charge is 2.13. The second-order valence-corrected chi connectivity index (χ2v) is 5.35. The molecule has 124 valence electrons. The van der Waals surface area contributed by atoms with Crippen LogP contribution in [0.2, 0.25) is 0 Å². The van der Waals surface area contributed by atoms with Crippen LogP contribution < -0.4 is 24.8 Å². The van der Waals surface area contributed by atoms with Gasteiger partial charge in [0.05, 0.1) is 21.3 Å². The van der Waals surface area contributed by atoms with Crippen molar-refractivity contribution in [2.24, 2.45) is 0 Å². The van der Waals surface area contributed by atoms with Crippen LogP contribution in [0.1, 0.15) is 5.56 Å². The third-order valence-corrected chi connectivity index (χ3v) is 3.31. The van der Waals surface area contributed by atoms with E-state index in [1.54, 1.807) is 21.3 Å². The van der Waals surface area contributed by atoms with Crippen LogP contribution in [-0.4, -0.2) is 58.5 Å². The summed E-state index contributed by atoms with van der Waals surface area (Å²) in [5.74, 6) is 1.84. The van der Waals surface area contributed by atoms with E-state index in [4.69, 9.17) is 26.4 Å². The molecule has 1 aromatic carbocycles. The number of likely N-dealkylation sites (N-methyl/N-ethyl adjacent to an activating group) is 1. The zero-order valence-electron chi connectivity index (χ0n) is 13.9. The molecule has 1 rings (SSSR count). The summed E-state index contributed by atoms with van der Waals surface area (Å²) in [4.78, 5) is 2.09. The molecule has 0 heterocycles. The molecule has 0 spiro atoms. The van der Waals surface area contributed by atoms with Crippen LogP contribution in [-0.2, 0) is 6.54 Å². The molecule has 0 aromatic heterocycles. The highest BCUT2D eigenvalue weighted by Crippen LogP contribution is 2.38.